The van der Waals surface area contributed by atoms with Crippen LogP contribution in [0.4, 0.5) is 0 Å². The SMILES string of the molecule is CCO[SiH](OCC)C(CC)CC. The summed E-state index contributed by atoms with van der Waals surface area (Å²) in [6, 6.07) is 0. The molecule has 3 heteroatoms. The molecule has 0 fully saturated rings. The van der Waals surface area contributed by atoms with Gasteiger partial charge in [0.1, 0.15) is 0 Å². The average molecular weight is 190 g/mol. The molecule has 74 valence electrons. The predicted octanol–water partition coefficient (Wildman–Crippen LogP) is 2.47. The minimum atomic E-state index is -1.35. The van der Waals surface area contributed by atoms with Crippen molar-refractivity contribution >= 4 is 9.28 Å². The summed E-state index contributed by atoms with van der Waals surface area (Å²) < 4.78 is 11.3. The maximum Gasteiger partial charge on any atom is 0.324 e. The molecule has 0 atom stereocenters. The summed E-state index contributed by atoms with van der Waals surface area (Å²) in [4.78, 5) is 0. The molecule has 0 radical (unpaired) electrons. The van der Waals surface area contributed by atoms with Gasteiger partial charge >= 0.3 is 9.28 Å². The molecule has 0 rings (SSSR count). The second-order valence-electron chi connectivity index (χ2n) is 2.86. The van der Waals surface area contributed by atoms with Crippen LogP contribution in [0.2, 0.25) is 5.54 Å². The van der Waals surface area contributed by atoms with E-state index in [1.807, 2.05) is 13.8 Å². The Hall–Kier alpha value is 0.137. The first-order valence-corrected chi connectivity index (χ1v) is 6.64. The van der Waals surface area contributed by atoms with E-state index in [0.29, 0.717) is 5.54 Å². The summed E-state index contributed by atoms with van der Waals surface area (Å²) >= 11 is 0. The van der Waals surface area contributed by atoms with Gasteiger partial charge in [-0.2, -0.15) is 0 Å². The Bertz CT molecular complexity index is 88.5. The Balaban J connectivity index is 3.86. The molecule has 0 unspecified atom stereocenters. The fourth-order valence-electron chi connectivity index (χ4n) is 1.32. The lowest BCUT2D eigenvalue weighted by Crippen LogP contribution is -2.28. The second kappa shape index (κ2) is 7.77. The van der Waals surface area contributed by atoms with Crippen molar-refractivity contribution < 1.29 is 8.85 Å². The van der Waals surface area contributed by atoms with Gasteiger partial charge in [-0.25, -0.2) is 0 Å². The first-order chi connectivity index (χ1) is 5.79. The normalized spacial score (nSPS) is 11.5. The third-order valence-corrected chi connectivity index (χ3v) is 5.13. The van der Waals surface area contributed by atoms with Crippen molar-refractivity contribution in [3.8, 4) is 0 Å². The van der Waals surface area contributed by atoms with Gasteiger partial charge in [-0.1, -0.05) is 26.7 Å². The van der Waals surface area contributed by atoms with Crippen LogP contribution >= 0.6 is 0 Å². The highest BCUT2D eigenvalue weighted by Gasteiger charge is 2.21. The molecule has 0 heterocycles. The van der Waals surface area contributed by atoms with Crippen LogP contribution in [0.3, 0.4) is 0 Å². The van der Waals surface area contributed by atoms with Gasteiger partial charge in [0.25, 0.3) is 0 Å². The minimum Gasteiger partial charge on any atom is -0.397 e. The molecule has 0 aromatic carbocycles. The summed E-state index contributed by atoms with van der Waals surface area (Å²) in [7, 11) is -1.35. The van der Waals surface area contributed by atoms with Crippen LogP contribution in [-0.4, -0.2) is 22.5 Å². The van der Waals surface area contributed by atoms with Crippen LogP contribution in [0, 0.1) is 0 Å². The van der Waals surface area contributed by atoms with Gasteiger partial charge in [0.2, 0.25) is 0 Å². The topological polar surface area (TPSA) is 18.5 Å². The third kappa shape index (κ3) is 4.23. The Labute approximate surface area is 78.1 Å². The van der Waals surface area contributed by atoms with Gasteiger partial charge < -0.3 is 8.85 Å². The standard InChI is InChI=1S/C9H22O2Si/c1-5-9(6-2)12(10-7-3)11-8-4/h9,12H,5-8H2,1-4H3. The second-order valence-corrected chi connectivity index (χ2v) is 5.20. The quantitative estimate of drug-likeness (QED) is 0.574. The molecule has 0 saturated heterocycles. The van der Waals surface area contributed by atoms with E-state index in [2.05, 4.69) is 13.8 Å². The zero-order valence-corrected chi connectivity index (χ0v) is 9.95. The highest BCUT2D eigenvalue weighted by Crippen LogP contribution is 2.20. The molecule has 0 bridgehead atoms. The lowest BCUT2D eigenvalue weighted by molar-refractivity contribution is 0.202. The van der Waals surface area contributed by atoms with Crippen LogP contribution < -0.4 is 0 Å². The first-order valence-electron chi connectivity index (χ1n) is 5.03. The summed E-state index contributed by atoms with van der Waals surface area (Å²) in [5.74, 6) is 0. The molecule has 0 aromatic rings. The Morgan fingerprint density at radius 2 is 1.33 bits per heavy atom. The zero-order chi connectivity index (χ0) is 9.40. The van der Waals surface area contributed by atoms with E-state index >= 15 is 0 Å². The van der Waals surface area contributed by atoms with Crippen LogP contribution in [0.1, 0.15) is 40.5 Å². The molecular weight excluding hydrogens is 168 g/mol. The maximum absolute atomic E-state index is 5.64. The summed E-state index contributed by atoms with van der Waals surface area (Å²) in [6.07, 6.45) is 2.38. The lowest BCUT2D eigenvalue weighted by atomic mass is 10.3. The van der Waals surface area contributed by atoms with Crippen LogP contribution in [0.5, 0.6) is 0 Å². The highest BCUT2D eigenvalue weighted by atomic mass is 28.3. The van der Waals surface area contributed by atoms with Gasteiger partial charge in [0.05, 0.1) is 0 Å². The smallest absolute Gasteiger partial charge is 0.324 e. The summed E-state index contributed by atoms with van der Waals surface area (Å²) in [6.45, 7) is 10.1. The highest BCUT2D eigenvalue weighted by molar-refractivity contribution is 6.46. The van der Waals surface area contributed by atoms with Crippen molar-refractivity contribution in [2.75, 3.05) is 13.2 Å². The van der Waals surface area contributed by atoms with E-state index in [4.69, 9.17) is 8.85 Å². The van der Waals surface area contributed by atoms with Crippen LogP contribution in [-0.2, 0) is 8.85 Å². The molecule has 12 heavy (non-hydrogen) atoms. The maximum atomic E-state index is 5.64. The number of rotatable bonds is 7. The van der Waals surface area contributed by atoms with E-state index in [0.717, 1.165) is 13.2 Å². The molecule has 0 spiro atoms. The lowest BCUT2D eigenvalue weighted by Gasteiger charge is -2.22. The molecule has 0 N–H and O–H groups in total. The summed E-state index contributed by atoms with van der Waals surface area (Å²) in [5, 5.41) is 0. The number of hydrogen-bond donors (Lipinski definition) is 0. The summed E-state index contributed by atoms with van der Waals surface area (Å²) in [5.41, 5.74) is 0.685. The number of hydrogen-bond acceptors (Lipinski definition) is 2. The zero-order valence-electron chi connectivity index (χ0n) is 8.80. The van der Waals surface area contributed by atoms with Crippen LogP contribution in [0.15, 0.2) is 0 Å². The molecule has 0 saturated carbocycles. The molecule has 0 aromatic heterocycles. The van der Waals surface area contributed by atoms with E-state index in [1.165, 1.54) is 12.8 Å². The molecule has 0 aliphatic carbocycles. The largest absolute Gasteiger partial charge is 0.397 e. The van der Waals surface area contributed by atoms with Gasteiger partial charge in [-0.15, -0.1) is 0 Å². The molecule has 0 aliphatic heterocycles. The Morgan fingerprint density at radius 1 is 0.917 bits per heavy atom. The third-order valence-electron chi connectivity index (χ3n) is 2.10. The average Bonchev–Trinajstić information content (AvgIpc) is 2.07. The fourth-order valence-corrected chi connectivity index (χ4v) is 3.39. The molecule has 0 amide bonds. The van der Waals surface area contributed by atoms with E-state index < -0.39 is 9.28 Å². The Morgan fingerprint density at radius 3 is 1.58 bits per heavy atom. The fraction of sp³-hybridized carbons (Fsp3) is 1.00. The van der Waals surface area contributed by atoms with Crippen molar-refractivity contribution in [3.05, 3.63) is 0 Å². The monoisotopic (exact) mass is 190 g/mol. The van der Waals surface area contributed by atoms with Gasteiger partial charge in [-0.05, 0) is 19.4 Å². The predicted molar refractivity (Wildman–Crippen MR) is 54.7 cm³/mol. The van der Waals surface area contributed by atoms with Crippen LogP contribution in [0.25, 0.3) is 0 Å². The van der Waals surface area contributed by atoms with Crippen molar-refractivity contribution in [1.82, 2.24) is 0 Å². The first kappa shape index (κ1) is 12.1. The van der Waals surface area contributed by atoms with Crippen molar-refractivity contribution in [2.24, 2.45) is 0 Å². The van der Waals surface area contributed by atoms with Gasteiger partial charge in [0.15, 0.2) is 0 Å². The van der Waals surface area contributed by atoms with Crippen molar-refractivity contribution in [1.29, 1.82) is 0 Å². The van der Waals surface area contributed by atoms with Crippen molar-refractivity contribution in [2.45, 2.75) is 46.1 Å². The van der Waals surface area contributed by atoms with Gasteiger partial charge in [-0.3, -0.25) is 0 Å². The molecule has 0 aliphatic rings. The van der Waals surface area contributed by atoms with E-state index in [9.17, 15) is 0 Å². The van der Waals surface area contributed by atoms with E-state index in [1.54, 1.807) is 0 Å². The van der Waals surface area contributed by atoms with Crippen molar-refractivity contribution in [3.63, 3.8) is 0 Å². The molecule has 2 nitrogen and oxygen atoms in total. The van der Waals surface area contributed by atoms with E-state index in [-0.39, 0.29) is 0 Å². The Kier molecular flexibility index (Phi) is 7.86. The minimum absolute atomic E-state index is 0.685. The van der Waals surface area contributed by atoms with Gasteiger partial charge in [0, 0.05) is 13.2 Å². The molecular formula is C9H22O2Si.